The summed E-state index contributed by atoms with van der Waals surface area (Å²) in [6, 6.07) is 7.83. The van der Waals surface area contributed by atoms with Crippen molar-refractivity contribution in [2.75, 3.05) is 12.8 Å². The molecule has 0 saturated carbocycles. The lowest BCUT2D eigenvalue weighted by atomic mass is 10.1. The molecule has 0 aliphatic heterocycles. The topological polar surface area (TPSA) is 74.0 Å². The fourth-order valence-corrected chi connectivity index (χ4v) is 3.68. The lowest BCUT2D eigenvalue weighted by molar-refractivity contribution is 0.420. The van der Waals surface area contributed by atoms with Gasteiger partial charge in [-0.1, -0.05) is 29.8 Å². The molecule has 7 heteroatoms. The Kier molecular flexibility index (Phi) is 4.63. The highest BCUT2D eigenvalue weighted by atomic mass is 35.5. The Morgan fingerprint density at radius 2 is 1.95 bits per heavy atom. The molecule has 1 aromatic carbocycles. The standard InChI is InChI=1S/C14H20ClN3O2S/c1-14(2,18-21(3,19)20)9-16-8-12-13(15)10-6-4-5-7-11(10)17-12/h4-7,16-18H,8-9H2,1-3H3. The van der Waals surface area contributed by atoms with Crippen molar-refractivity contribution in [3.8, 4) is 0 Å². The minimum Gasteiger partial charge on any atom is -0.356 e. The maximum Gasteiger partial charge on any atom is 0.209 e. The van der Waals surface area contributed by atoms with E-state index in [-0.39, 0.29) is 0 Å². The minimum absolute atomic E-state index is 0.492. The average molecular weight is 330 g/mol. The number of hydrogen-bond donors (Lipinski definition) is 3. The van der Waals surface area contributed by atoms with Crippen molar-refractivity contribution < 1.29 is 8.42 Å². The molecular formula is C14H20ClN3O2S. The van der Waals surface area contributed by atoms with Gasteiger partial charge in [-0.15, -0.1) is 0 Å². The molecule has 2 aromatic rings. The summed E-state index contributed by atoms with van der Waals surface area (Å²) in [5.41, 5.74) is 1.33. The molecule has 0 saturated heterocycles. The number of halogens is 1. The number of aromatic amines is 1. The van der Waals surface area contributed by atoms with E-state index in [1.54, 1.807) is 0 Å². The zero-order chi connectivity index (χ0) is 15.7. The van der Waals surface area contributed by atoms with Gasteiger partial charge in [0.25, 0.3) is 0 Å². The van der Waals surface area contributed by atoms with Gasteiger partial charge in [-0.2, -0.15) is 0 Å². The van der Waals surface area contributed by atoms with Crippen LogP contribution in [0.3, 0.4) is 0 Å². The van der Waals surface area contributed by atoms with Crippen molar-refractivity contribution in [3.63, 3.8) is 0 Å². The SMILES string of the molecule is CC(C)(CNCc1[nH]c2ccccc2c1Cl)NS(C)(=O)=O. The zero-order valence-corrected chi connectivity index (χ0v) is 13.9. The summed E-state index contributed by atoms with van der Waals surface area (Å²) in [5.74, 6) is 0. The molecule has 0 atom stereocenters. The highest BCUT2D eigenvalue weighted by Gasteiger charge is 2.21. The summed E-state index contributed by atoms with van der Waals surface area (Å²) in [6.45, 7) is 4.69. The smallest absolute Gasteiger partial charge is 0.209 e. The molecule has 1 aromatic heterocycles. The van der Waals surface area contributed by atoms with E-state index in [1.807, 2.05) is 38.1 Å². The van der Waals surface area contributed by atoms with Crippen LogP contribution in [0.15, 0.2) is 24.3 Å². The molecule has 0 spiro atoms. The highest BCUT2D eigenvalue weighted by molar-refractivity contribution is 7.88. The average Bonchev–Trinajstić information content (AvgIpc) is 2.64. The molecule has 116 valence electrons. The number of hydrogen-bond acceptors (Lipinski definition) is 3. The summed E-state index contributed by atoms with van der Waals surface area (Å²) >= 11 is 6.33. The van der Waals surface area contributed by atoms with E-state index >= 15 is 0 Å². The van der Waals surface area contributed by atoms with Gasteiger partial charge in [0, 0.05) is 35.2 Å². The number of rotatable bonds is 6. The molecule has 0 bridgehead atoms. The van der Waals surface area contributed by atoms with E-state index in [9.17, 15) is 8.42 Å². The molecule has 1 heterocycles. The first kappa shape index (κ1) is 16.3. The fraction of sp³-hybridized carbons (Fsp3) is 0.429. The van der Waals surface area contributed by atoms with Crippen molar-refractivity contribution in [1.29, 1.82) is 0 Å². The van der Waals surface area contributed by atoms with Gasteiger partial charge < -0.3 is 10.3 Å². The van der Waals surface area contributed by atoms with Gasteiger partial charge in [0.2, 0.25) is 10.0 Å². The second-order valence-corrected chi connectivity index (χ2v) is 7.95. The van der Waals surface area contributed by atoms with Gasteiger partial charge in [-0.05, 0) is 19.9 Å². The van der Waals surface area contributed by atoms with Crippen LogP contribution in [0.5, 0.6) is 0 Å². The van der Waals surface area contributed by atoms with Crippen molar-refractivity contribution >= 4 is 32.5 Å². The molecule has 0 aliphatic carbocycles. The number of para-hydroxylation sites is 1. The van der Waals surface area contributed by atoms with Crippen LogP contribution < -0.4 is 10.0 Å². The van der Waals surface area contributed by atoms with Gasteiger partial charge in [-0.3, -0.25) is 0 Å². The van der Waals surface area contributed by atoms with Crippen molar-refractivity contribution in [3.05, 3.63) is 35.0 Å². The first-order valence-corrected chi connectivity index (χ1v) is 8.90. The highest BCUT2D eigenvalue weighted by Crippen LogP contribution is 2.26. The molecule has 0 aliphatic rings. The summed E-state index contributed by atoms with van der Waals surface area (Å²) in [5, 5.41) is 4.91. The first-order chi connectivity index (χ1) is 9.68. The van der Waals surface area contributed by atoms with Crippen LogP contribution in [-0.4, -0.2) is 31.7 Å². The van der Waals surface area contributed by atoms with E-state index in [0.717, 1.165) is 22.9 Å². The monoisotopic (exact) mass is 329 g/mol. The minimum atomic E-state index is -3.23. The Balaban J connectivity index is 2.01. The maximum absolute atomic E-state index is 11.3. The second kappa shape index (κ2) is 5.96. The predicted molar refractivity (Wildman–Crippen MR) is 87.1 cm³/mol. The fourth-order valence-electron chi connectivity index (χ4n) is 2.32. The zero-order valence-electron chi connectivity index (χ0n) is 12.3. The predicted octanol–water partition coefficient (Wildman–Crippen LogP) is 2.24. The first-order valence-electron chi connectivity index (χ1n) is 6.63. The normalized spacial score (nSPS) is 13.0. The number of sulfonamides is 1. The van der Waals surface area contributed by atoms with Crippen LogP contribution in [0.2, 0.25) is 5.02 Å². The molecule has 0 radical (unpaired) electrons. The van der Waals surface area contributed by atoms with E-state index in [2.05, 4.69) is 15.0 Å². The quantitative estimate of drug-likeness (QED) is 0.761. The number of H-pyrrole nitrogens is 1. The molecule has 21 heavy (non-hydrogen) atoms. The number of benzene rings is 1. The van der Waals surface area contributed by atoms with Crippen LogP contribution in [-0.2, 0) is 16.6 Å². The number of nitrogens with one attached hydrogen (secondary N) is 3. The summed E-state index contributed by atoms with van der Waals surface area (Å²) in [4.78, 5) is 3.27. The number of aromatic nitrogens is 1. The number of fused-ring (bicyclic) bond motifs is 1. The van der Waals surface area contributed by atoms with Crippen molar-refractivity contribution in [1.82, 2.24) is 15.0 Å². The Morgan fingerprint density at radius 3 is 2.57 bits per heavy atom. The van der Waals surface area contributed by atoms with E-state index in [0.29, 0.717) is 18.1 Å². The second-order valence-electron chi connectivity index (χ2n) is 5.82. The molecule has 0 fully saturated rings. The Bertz CT molecular complexity index is 738. The molecule has 2 rings (SSSR count). The Hall–Kier alpha value is -1.08. The van der Waals surface area contributed by atoms with Crippen molar-refractivity contribution in [2.24, 2.45) is 0 Å². The van der Waals surface area contributed by atoms with Crippen LogP contribution in [0.4, 0.5) is 0 Å². The van der Waals surface area contributed by atoms with Crippen LogP contribution in [0.1, 0.15) is 19.5 Å². The van der Waals surface area contributed by atoms with E-state index in [1.165, 1.54) is 0 Å². The summed E-state index contributed by atoms with van der Waals surface area (Å²) in [6.07, 6.45) is 1.16. The third-order valence-electron chi connectivity index (χ3n) is 3.04. The molecule has 3 N–H and O–H groups in total. The third-order valence-corrected chi connectivity index (χ3v) is 4.40. The molecule has 0 unspecified atom stereocenters. The summed E-state index contributed by atoms with van der Waals surface area (Å²) in [7, 11) is -3.23. The third kappa shape index (κ3) is 4.44. The molecule has 0 amide bonds. The van der Waals surface area contributed by atoms with E-state index in [4.69, 9.17) is 11.6 Å². The van der Waals surface area contributed by atoms with Crippen LogP contribution in [0, 0.1) is 0 Å². The Labute approximate surface area is 130 Å². The Morgan fingerprint density at radius 1 is 1.29 bits per heavy atom. The van der Waals surface area contributed by atoms with E-state index < -0.39 is 15.6 Å². The van der Waals surface area contributed by atoms with Crippen LogP contribution >= 0.6 is 11.6 Å². The van der Waals surface area contributed by atoms with Crippen LogP contribution in [0.25, 0.3) is 10.9 Å². The van der Waals surface area contributed by atoms with Crippen molar-refractivity contribution in [2.45, 2.75) is 25.9 Å². The molecular weight excluding hydrogens is 310 g/mol. The molecule has 5 nitrogen and oxygen atoms in total. The van der Waals surface area contributed by atoms with Gasteiger partial charge in [-0.25, -0.2) is 13.1 Å². The van der Waals surface area contributed by atoms with Gasteiger partial charge in [0.05, 0.1) is 11.3 Å². The van der Waals surface area contributed by atoms with Gasteiger partial charge in [0.15, 0.2) is 0 Å². The lowest BCUT2D eigenvalue weighted by Gasteiger charge is -2.25. The summed E-state index contributed by atoms with van der Waals surface area (Å²) < 4.78 is 25.2. The van der Waals surface area contributed by atoms with Gasteiger partial charge in [0.1, 0.15) is 0 Å². The lowest BCUT2D eigenvalue weighted by Crippen LogP contribution is -2.49. The largest absolute Gasteiger partial charge is 0.356 e. The maximum atomic E-state index is 11.3. The van der Waals surface area contributed by atoms with Gasteiger partial charge >= 0.3 is 0 Å².